The molecule has 1 atom stereocenters. The van der Waals surface area contributed by atoms with Crippen LogP contribution in [-0.2, 0) is 11.2 Å². The minimum Gasteiger partial charge on any atom is -0.341 e. The molecule has 33 heavy (non-hydrogen) atoms. The van der Waals surface area contributed by atoms with Crippen molar-refractivity contribution in [1.82, 2.24) is 19.4 Å². The van der Waals surface area contributed by atoms with Crippen molar-refractivity contribution in [3.63, 3.8) is 0 Å². The van der Waals surface area contributed by atoms with E-state index in [-0.39, 0.29) is 11.9 Å². The molecule has 0 radical (unpaired) electrons. The summed E-state index contributed by atoms with van der Waals surface area (Å²) in [6, 6.07) is 20.6. The number of fused-ring (bicyclic) bond motifs is 1. The number of pyridine rings is 1. The van der Waals surface area contributed by atoms with Crippen molar-refractivity contribution in [1.29, 1.82) is 0 Å². The SMILES string of the molecule is Cc1ccccc1Cc1ccc(C2CCN(C(=O)C(C)n3cnc4ccccc43)CC2)nc1. The molecule has 168 valence electrons. The number of para-hydroxylation sites is 2. The molecule has 3 heterocycles. The van der Waals surface area contributed by atoms with Crippen molar-refractivity contribution in [3.05, 3.63) is 95.6 Å². The summed E-state index contributed by atoms with van der Waals surface area (Å²) in [6.45, 7) is 5.67. The molecule has 1 aliphatic rings. The van der Waals surface area contributed by atoms with Gasteiger partial charge in [0.25, 0.3) is 0 Å². The minimum absolute atomic E-state index is 0.165. The van der Waals surface area contributed by atoms with Crippen molar-refractivity contribution in [2.45, 2.75) is 45.1 Å². The average Bonchev–Trinajstić information content (AvgIpc) is 3.29. The third-order valence-electron chi connectivity index (χ3n) is 6.98. The van der Waals surface area contributed by atoms with Gasteiger partial charge in [0, 0.05) is 30.9 Å². The van der Waals surface area contributed by atoms with Gasteiger partial charge in [0.05, 0.1) is 17.4 Å². The summed E-state index contributed by atoms with van der Waals surface area (Å²) in [5.41, 5.74) is 6.97. The van der Waals surface area contributed by atoms with Gasteiger partial charge in [-0.05, 0) is 68.0 Å². The van der Waals surface area contributed by atoms with E-state index in [1.165, 1.54) is 16.7 Å². The molecule has 1 saturated heterocycles. The fourth-order valence-corrected chi connectivity index (χ4v) is 4.88. The quantitative estimate of drug-likeness (QED) is 0.425. The predicted molar refractivity (Wildman–Crippen MR) is 131 cm³/mol. The van der Waals surface area contributed by atoms with Gasteiger partial charge >= 0.3 is 0 Å². The van der Waals surface area contributed by atoms with Gasteiger partial charge in [0.2, 0.25) is 5.91 Å². The smallest absolute Gasteiger partial charge is 0.245 e. The van der Waals surface area contributed by atoms with E-state index in [4.69, 9.17) is 4.98 Å². The Bertz CT molecular complexity index is 1250. The first-order valence-electron chi connectivity index (χ1n) is 11.8. The number of hydrogen-bond donors (Lipinski definition) is 0. The summed E-state index contributed by atoms with van der Waals surface area (Å²) in [7, 11) is 0. The van der Waals surface area contributed by atoms with Crippen LogP contribution in [0.2, 0.25) is 0 Å². The number of imidazole rings is 1. The Morgan fingerprint density at radius 1 is 1.00 bits per heavy atom. The predicted octanol–water partition coefficient (Wildman–Crippen LogP) is 5.30. The summed E-state index contributed by atoms with van der Waals surface area (Å²) in [6.07, 6.45) is 6.61. The number of aromatic nitrogens is 3. The Hall–Kier alpha value is -3.47. The Labute approximate surface area is 195 Å². The summed E-state index contributed by atoms with van der Waals surface area (Å²) < 4.78 is 1.98. The maximum Gasteiger partial charge on any atom is 0.245 e. The van der Waals surface area contributed by atoms with Gasteiger partial charge in [-0.15, -0.1) is 0 Å². The second kappa shape index (κ2) is 9.18. The third kappa shape index (κ3) is 4.40. The summed E-state index contributed by atoms with van der Waals surface area (Å²) in [4.78, 5) is 24.4. The second-order valence-electron chi connectivity index (χ2n) is 9.11. The highest BCUT2D eigenvalue weighted by Gasteiger charge is 2.28. The first-order chi connectivity index (χ1) is 16.1. The van der Waals surface area contributed by atoms with Crippen molar-refractivity contribution in [2.24, 2.45) is 0 Å². The highest BCUT2D eigenvalue weighted by atomic mass is 16.2. The molecule has 4 aromatic rings. The van der Waals surface area contributed by atoms with E-state index in [0.717, 1.165) is 49.1 Å². The standard InChI is InChI=1S/C28H30N4O/c1-20-7-3-4-8-24(20)17-22-11-12-25(29-18-22)23-13-15-31(16-14-23)28(33)21(2)32-19-30-26-9-5-6-10-27(26)32/h3-12,18-19,21,23H,13-17H2,1-2H3. The topological polar surface area (TPSA) is 51.0 Å². The first kappa shape index (κ1) is 21.4. The monoisotopic (exact) mass is 438 g/mol. The molecule has 1 unspecified atom stereocenters. The van der Waals surface area contributed by atoms with Crippen LogP contribution in [0.25, 0.3) is 11.0 Å². The molecule has 1 aliphatic heterocycles. The van der Waals surface area contributed by atoms with Crippen LogP contribution in [0.1, 0.15) is 54.1 Å². The molecule has 2 aromatic carbocycles. The molecule has 0 N–H and O–H groups in total. The number of benzene rings is 2. The molecule has 2 aromatic heterocycles. The largest absolute Gasteiger partial charge is 0.341 e. The van der Waals surface area contributed by atoms with Gasteiger partial charge < -0.3 is 9.47 Å². The Balaban J connectivity index is 1.20. The van der Waals surface area contributed by atoms with E-state index in [0.29, 0.717) is 5.92 Å². The molecule has 5 heteroatoms. The number of carbonyl (C=O) groups is 1. The molecular formula is C28H30N4O. The highest BCUT2D eigenvalue weighted by molar-refractivity contribution is 5.83. The fourth-order valence-electron chi connectivity index (χ4n) is 4.88. The number of nitrogens with zero attached hydrogens (tertiary/aromatic N) is 4. The number of rotatable bonds is 5. The summed E-state index contributed by atoms with van der Waals surface area (Å²) in [5.74, 6) is 0.573. The van der Waals surface area contributed by atoms with Crippen LogP contribution in [0, 0.1) is 6.92 Å². The van der Waals surface area contributed by atoms with Crippen molar-refractivity contribution in [2.75, 3.05) is 13.1 Å². The number of hydrogen-bond acceptors (Lipinski definition) is 3. The molecule has 0 spiro atoms. The molecule has 0 saturated carbocycles. The van der Waals surface area contributed by atoms with Crippen LogP contribution < -0.4 is 0 Å². The third-order valence-corrected chi connectivity index (χ3v) is 6.98. The van der Waals surface area contributed by atoms with Crippen molar-refractivity contribution >= 4 is 16.9 Å². The number of likely N-dealkylation sites (tertiary alicyclic amines) is 1. The van der Waals surface area contributed by atoms with Crippen LogP contribution in [0.4, 0.5) is 0 Å². The normalized spacial score (nSPS) is 15.6. The number of aryl methyl sites for hydroxylation is 1. The molecule has 5 rings (SSSR count). The second-order valence-corrected chi connectivity index (χ2v) is 9.11. The fraction of sp³-hybridized carbons (Fsp3) is 0.321. The maximum atomic E-state index is 13.2. The van der Waals surface area contributed by atoms with E-state index in [1.54, 1.807) is 6.33 Å². The van der Waals surface area contributed by atoms with E-state index in [1.807, 2.05) is 46.9 Å². The van der Waals surface area contributed by atoms with Gasteiger partial charge in [-0.1, -0.05) is 42.5 Å². The van der Waals surface area contributed by atoms with Gasteiger partial charge in [-0.25, -0.2) is 4.98 Å². The Morgan fingerprint density at radius 3 is 2.52 bits per heavy atom. The van der Waals surface area contributed by atoms with E-state index in [2.05, 4.69) is 48.3 Å². The number of piperidine rings is 1. The van der Waals surface area contributed by atoms with Crippen LogP contribution in [0.5, 0.6) is 0 Å². The van der Waals surface area contributed by atoms with Crippen LogP contribution in [-0.4, -0.2) is 38.4 Å². The molecular weight excluding hydrogens is 408 g/mol. The van der Waals surface area contributed by atoms with Crippen molar-refractivity contribution < 1.29 is 4.79 Å². The lowest BCUT2D eigenvalue weighted by Gasteiger charge is -2.33. The number of amides is 1. The van der Waals surface area contributed by atoms with Gasteiger partial charge in [-0.3, -0.25) is 9.78 Å². The van der Waals surface area contributed by atoms with Crippen LogP contribution in [0.15, 0.2) is 73.2 Å². The lowest BCUT2D eigenvalue weighted by Crippen LogP contribution is -2.41. The maximum absolute atomic E-state index is 13.2. The zero-order chi connectivity index (χ0) is 22.8. The lowest BCUT2D eigenvalue weighted by atomic mass is 9.92. The van der Waals surface area contributed by atoms with E-state index in [9.17, 15) is 4.79 Å². The van der Waals surface area contributed by atoms with Crippen LogP contribution >= 0.6 is 0 Å². The Morgan fingerprint density at radius 2 is 1.76 bits per heavy atom. The van der Waals surface area contributed by atoms with Gasteiger partial charge in [0.15, 0.2) is 0 Å². The van der Waals surface area contributed by atoms with Gasteiger partial charge in [-0.2, -0.15) is 0 Å². The zero-order valence-electron chi connectivity index (χ0n) is 19.3. The molecule has 1 amide bonds. The molecule has 0 aliphatic carbocycles. The van der Waals surface area contributed by atoms with Crippen molar-refractivity contribution in [3.8, 4) is 0 Å². The van der Waals surface area contributed by atoms with Crippen LogP contribution in [0.3, 0.4) is 0 Å². The number of carbonyl (C=O) groups excluding carboxylic acids is 1. The van der Waals surface area contributed by atoms with E-state index < -0.39 is 0 Å². The summed E-state index contributed by atoms with van der Waals surface area (Å²) >= 11 is 0. The molecule has 1 fully saturated rings. The highest BCUT2D eigenvalue weighted by Crippen LogP contribution is 2.29. The molecule has 5 nitrogen and oxygen atoms in total. The average molecular weight is 439 g/mol. The summed E-state index contributed by atoms with van der Waals surface area (Å²) in [5, 5.41) is 0. The van der Waals surface area contributed by atoms with E-state index >= 15 is 0 Å². The Kier molecular flexibility index (Phi) is 5.95. The zero-order valence-corrected chi connectivity index (χ0v) is 19.3. The first-order valence-corrected chi connectivity index (χ1v) is 11.8. The van der Waals surface area contributed by atoms with Gasteiger partial charge in [0.1, 0.15) is 6.04 Å². The lowest BCUT2D eigenvalue weighted by molar-refractivity contribution is -0.135. The minimum atomic E-state index is -0.257. The molecule has 0 bridgehead atoms.